The highest BCUT2D eigenvalue weighted by Gasteiger charge is 2.32. The second kappa shape index (κ2) is 22.2. The van der Waals surface area contributed by atoms with Gasteiger partial charge in [-0.05, 0) is 57.5 Å². The summed E-state index contributed by atoms with van der Waals surface area (Å²) in [5.41, 5.74) is 16.7. The Kier molecular flexibility index (Phi) is 20.1. The number of nitrogens with one attached hydrogen (secondary N) is 5. The Morgan fingerprint density at radius 3 is 1.57 bits per heavy atom. The van der Waals surface area contributed by atoms with E-state index in [4.69, 9.17) is 32.5 Å². The summed E-state index contributed by atoms with van der Waals surface area (Å²) >= 11 is 0. The molecule has 14 N–H and O–H groups in total. The quantitative estimate of drug-likeness (QED) is 0.0444. The van der Waals surface area contributed by atoms with Crippen molar-refractivity contribution in [3.63, 3.8) is 0 Å². The van der Waals surface area contributed by atoms with Gasteiger partial charge in [-0.25, -0.2) is 4.79 Å². The fraction of sp³-hybridized carbons (Fsp3) is 0.704. The first-order valence-electron chi connectivity index (χ1n) is 14.8. The van der Waals surface area contributed by atoms with Gasteiger partial charge in [-0.2, -0.15) is 0 Å². The SMILES string of the molecule is CC(C)[C@H](NC(=O)[C@H](CCCCN)NC(=O)[C@@H](N)CC(=O)O)C(=O)N[C@@H](CCCCN)C(=O)NCC(=O)N[C@@H](CC(=O)O)C(=O)O. The lowest BCUT2D eigenvalue weighted by Crippen LogP contribution is -2.59. The van der Waals surface area contributed by atoms with Gasteiger partial charge in [0.1, 0.15) is 24.2 Å². The third-order valence-corrected chi connectivity index (χ3v) is 6.57. The smallest absolute Gasteiger partial charge is 0.326 e. The number of carbonyl (C=O) groups is 8. The monoisotopic (exact) mass is 660 g/mol. The number of rotatable bonds is 24. The minimum absolute atomic E-state index is 0.0884. The Labute approximate surface area is 266 Å². The third kappa shape index (κ3) is 17.2. The van der Waals surface area contributed by atoms with Crippen molar-refractivity contribution in [2.24, 2.45) is 23.1 Å². The number of aliphatic carboxylic acids is 3. The van der Waals surface area contributed by atoms with Crippen LogP contribution in [0.4, 0.5) is 0 Å². The number of unbranched alkanes of at least 4 members (excludes halogenated alkanes) is 2. The van der Waals surface area contributed by atoms with Crippen LogP contribution in [0.2, 0.25) is 0 Å². The largest absolute Gasteiger partial charge is 0.481 e. The molecular weight excluding hydrogens is 612 g/mol. The van der Waals surface area contributed by atoms with Gasteiger partial charge in [0.25, 0.3) is 0 Å². The van der Waals surface area contributed by atoms with Gasteiger partial charge in [-0.1, -0.05) is 13.8 Å². The van der Waals surface area contributed by atoms with Crippen LogP contribution in [0.3, 0.4) is 0 Å². The van der Waals surface area contributed by atoms with Crippen LogP contribution < -0.4 is 43.8 Å². The summed E-state index contributed by atoms with van der Waals surface area (Å²) in [5, 5.41) is 38.6. The predicted molar refractivity (Wildman–Crippen MR) is 161 cm³/mol. The Hall–Kier alpha value is -4.36. The van der Waals surface area contributed by atoms with Crippen LogP contribution in [0.1, 0.15) is 65.2 Å². The molecule has 46 heavy (non-hydrogen) atoms. The second-order valence-electron chi connectivity index (χ2n) is 10.9. The molecule has 19 heteroatoms. The number of carboxylic acids is 3. The van der Waals surface area contributed by atoms with E-state index < -0.39 is 103 Å². The van der Waals surface area contributed by atoms with Crippen LogP contribution in [0.25, 0.3) is 0 Å². The van der Waals surface area contributed by atoms with Crippen molar-refractivity contribution in [2.45, 2.75) is 95.4 Å². The lowest BCUT2D eigenvalue weighted by Gasteiger charge is -2.27. The summed E-state index contributed by atoms with van der Waals surface area (Å²) < 4.78 is 0. The van der Waals surface area contributed by atoms with E-state index in [2.05, 4.69) is 21.3 Å². The van der Waals surface area contributed by atoms with E-state index in [1.807, 2.05) is 5.32 Å². The van der Waals surface area contributed by atoms with Gasteiger partial charge in [-0.3, -0.25) is 33.6 Å². The van der Waals surface area contributed by atoms with E-state index in [-0.39, 0.29) is 12.8 Å². The molecule has 0 unspecified atom stereocenters. The molecule has 0 radical (unpaired) electrons. The molecule has 0 heterocycles. The van der Waals surface area contributed by atoms with Gasteiger partial charge < -0.3 is 59.1 Å². The molecule has 0 aromatic heterocycles. The van der Waals surface area contributed by atoms with Gasteiger partial charge in [0, 0.05) is 0 Å². The minimum Gasteiger partial charge on any atom is -0.481 e. The zero-order valence-electron chi connectivity index (χ0n) is 26.1. The first-order valence-corrected chi connectivity index (χ1v) is 14.8. The van der Waals surface area contributed by atoms with Gasteiger partial charge in [0.05, 0.1) is 25.4 Å². The van der Waals surface area contributed by atoms with Crippen LogP contribution in [-0.2, 0) is 38.4 Å². The highest BCUT2D eigenvalue weighted by Crippen LogP contribution is 2.09. The molecule has 5 amide bonds. The number of nitrogens with two attached hydrogens (primary N) is 3. The van der Waals surface area contributed by atoms with E-state index >= 15 is 0 Å². The first-order chi connectivity index (χ1) is 21.5. The average Bonchev–Trinajstić information content (AvgIpc) is 2.96. The molecule has 0 aromatic rings. The molecule has 0 saturated carbocycles. The predicted octanol–water partition coefficient (Wildman–Crippen LogP) is -3.68. The van der Waals surface area contributed by atoms with Crippen molar-refractivity contribution >= 4 is 47.4 Å². The number of amides is 5. The van der Waals surface area contributed by atoms with Crippen molar-refractivity contribution in [2.75, 3.05) is 19.6 Å². The van der Waals surface area contributed by atoms with Crippen molar-refractivity contribution < 1.29 is 53.7 Å². The Balaban J connectivity index is 5.69. The number of carboxylic acid groups (broad SMARTS) is 3. The van der Waals surface area contributed by atoms with Gasteiger partial charge in [0.2, 0.25) is 29.5 Å². The number of hydrogen-bond acceptors (Lipinski definition) is 11. The summed E-state index contributed by atoms with van der Waals surface area (Å²) in [4.78, 5) is 97.2. The lowest BCUT2D eigenvalue weighted by molar-refractivity contribution is -0.147. The molecular formula is C27H48N8O11. The average molecular weight is 661 g/mol. The molecule has 0 spiro atoms. The van der Waals surface area contributed by atoms with E-state index in [0.29, 0.717) is 38.8 Å². The minimum atomic E-state index is -1.73. The Bertz CT molecular complexity index is 1070. The summed E-state index contributed by atoms with van der Waals surface area (Å²) in [6.45, 7) is 3.14. The molecule has 0 aromatic carbocycles. The van der Waals surface area contributed by atoms with Gasteiger partial charge in [-0.15, -0.1) is 0 Å². The lowest BCUT2D eigenvalue weighted by atomic mass is 10.0. The standard InChI is InChI=1S/C27H48N8O11/c1-14(2)22(35-25(43)17(8-4-6-10-29)33-23(41)15(30)11-20(37)38)26(44)34-16(7-3-5-9-28)24(42)31-13-19(36)32-18(27(45)46)12-21(39)40/h14-18,22H,3-13,28-30H2,1-2H3,(H,31,42)(H,32,36)(H,33,41)(H,34,44)(H,35,43)(H,37,38)(H,39,40)(H,45,46)/t15-,16-,17-,18-,22-/m0/s1. The van der Waals surface area contributed by atoms with E-state index in [0.717, 1.165) is 0 Å². The molecule has 0 aliphatic heterocycles. The van der Waals surface area contributed by atoms with Crippen LogP contribution >= 0.6 is 0 Å². The summed E-state index contributed by atoms with van der Waals surface area (Å²) in [7, 11) is 0. The normalized spacial score (nSPS) is 14.1. The van der Waals surface area contributed by atoms with Crippen molar-refractivity contribution in [3.05, 3.63) is 0 Å². The topological polar surface area (TPSA) is 335 Å². The van der Waals surface area contributed by atoms with Crippen LogP contribution in [0.5, 0.6) is 0 Å². The van der Waals surface area contributed by atoms with E-state index in [9.17, 15) is 38.4 Å². The summed E-state index contributed by atoms with van der Waals surface area (Å²) in [6.07, 6.45) is 0.470. The molecule has 0 fully saturated rings. The van der Waals surface area contributed by atoms with Crippen LogP contribution in [0, 0.1) is 5.92 Å². The van der Waals surface area contributed by atoms with Crippen molar-refractivity contribution in [1.82, 2.24) is 26.6 Å². The molecule has 5 atom stereocenters. The first kappa shape index (κ1) is 41.6. The van der Waals surface area contributed by atoms with E-state index in [1.54, 1.807) is 13.8 Å². The zero-order valence-corrected chi connectivity index (χ0v) is 26.1. The molecule has 0 aliphatic carbocycles. The highest BCUT2D eigenvalue weighted by atomic mass is 16.4. The fourth-order valence-electron chi connectivity index (χ4n) is 4.04. The number of carbonyl (C=O) groups excluding carboxylic acids is 5. The fourth-order valence-corrected chi connectivity index (χ4v) is 4.04. The molecule has 19 nitrogen and oxygen atoms in total. The van der Waals surface area contributed by atoms with Gasteiger partial charge >= 0.3 is 17.9 Å². The molecule has 0 aliphatic rings. The number of hydrogen-bond donors (Lipinski definition) is 11. The highest BCUT2D eigenvalue weighted by molar-refractivity contribution is 5.96. The van der Waals surface area contributed by atoms with Crippen LogP contribution in [0.15, 0.2) is 0 Å². The maximum Gasteiger partial charge on any atom is 0.326 e. The maximum absolute atomic E-state index is 13.3. The maximum atomic E-state index is 13.3. The Morgan fingerprint density at radius 1 is 0.609 bits per heavy atom. The summed E-state index contributed by atoms with van der Waals surface area (Å²) in [6, 6.07) is -6.73. The second-order valence-corrected chi connectivity index (χ2v) is 10.9. The van der Waals surface area contributed by atoms with Crippen LogP contribution in [-0.4, -0.2) is 113 Å². The van der Waals surface area contributed by atoms with Gasteiger partial charge in [0.15, 0.2) is 0 Å². The Morgan fingerprint density at radius 2 is 1.11 bits per heavy atom. The zero-order chi connectivity index (χ0) is 35.4. The molecule has 0 saturated heterocycles. The van der Waals surface area contributed by atoms with Crippen molar-refractivity contribution in [3.8, 4) is 0 Å². The molecule has 0 bridgehead atoms. The third-order valence-electron chi connectivity index (χ3n) is 6.57. The summed E-state index contributed by atoms with van der Waals surface area (Å²) in [5.74, 6) is -9.04. The van der Waals surface area contributed by atoms with Crippen molar-refractivity contribution in [1.29, 1.82) is 0 Å². The molecule has 262 valence electrons. The molecule has 0 rings (SSSR count). The van der Waals surface area contributed by atoms with E-state index in [1.165, 1.54) is 0 Å².